The summed E-state index contributed by atoms with van der Waals surface area (Å²) in [6.07, 6.45) is 0.212. The first kappa shape index (κ1) is 17.7. The number of ether oxygens (including phenoxy) is 1. The van der Waals surface area contributed by atoms with Crippen molar-refractivity contribution in [3.63, 3.8) is 0 Å². The van der Waals surface area contributed by atoms with Gasteiger partial charge >= 0.3 is 0 Å². The van der Waals surface area contributed by atoms with Crippen LogP contribution in [0.5, 0.6) is 5.75 Å². The molecule has 0 bridgehead atoms. The Morgan fingerprint density at radius 2 is 1.81 bits per heavy atom. The number of rotatable bonds is 6. The van der Waals surface area contributed by atoms with Crippen molar-refractivity contribution in [2.75, 3.05) is 7.11 Å². The van der Waals surface area contributed by atoms with Gasteiger partial charge in [-0.25, -0.2) is 0 Å². The number of fused-ring (bicyclic) bond motifs is 1. The highest BCUT2D eigenvalue weighted by Gasteiger charge is 2.14. The zero-order chi connectivity index (χ0) is 18.5. The van der Waals surface area contributed by atoms with Crippen LogP contribution in [0.15, 0.2) is 48.5 Å². The summed E-state index contributed by atoms with van der Waals surface area (Å²) in [5.74, 6) is 0.349. The lowest BCUT2D eigenvalue weighted by molar-refractivity contribution is -0.121. The molecule has 0 aliphatic heterocycles. The van der Waals surface area contributed by atoms with Gasteiger partial charge < -0.3 is 10.1 Å². The van der Waals surface area contributed by atoms with Crippen LogP contribution >= 0.6 is 0 Å². The largest absolute Gasteiger partial charge is 0.496 e. The van der Waals surface area contributed by atoms with Gasteiger partial charge in [-0.1, -0.05) is 36.4 Å². The molecule has 0 fully saturated rings. The van der Waals surface area contributed by atoms with Crippen LogP contribution in [0.1, 0.15) is 28.9 Å². The van der Waals surface area contributed by atoms with E-state index in [1.807, 2.05) is 55.5 Å². The summed E-state index contributed by atoms with van der Waals surface area (Å²) in [4.78, 5) is 24.5. The van der Waals surface area contributed by atoms with Crippen LogP contribution in [0.2, 0.25) is 0 Å². The molecular weight excluding hydrogens is 330 g/mol. The lowest BCUT2D eigenvalue weighted by atomic mass is 10.2. The van der Waals surface area contributed by atoms with Gasteiger partial charge in [0.2, 0.25) is 11.8 Å². The molecular formula is C20H21N3O3. The quantitative estimate of drug-likeness (QED) is 0.741. The van der Waals surface area contributed by atoms with Crippen LogP contribution in [-0.4, -0.2) is 28.7 Å². The smallest absolute Gasteiger partial charge is 0.247 e. The van der Waals surface area contributed by atoms with Crippen molar-refractivity contribution >= 4 is 22.7 Å². The number of hydrogen-bond donors (Lipinski definition) is 1. The average Bonchev–Trinajstić information content (AvgIpc) is 3.02. The van der Waals surface area contributed by atoms with E-state index in [4.69, 9.17) is 4.74 Å². The van der Waals surface area contributed by atoms with Crippen molar-refractivity contribution in [3.8, 4) is 5.75 Å². The fourth-order valence-electron chi connectivity index (χ4n) is 2.87. The zero-order valence-corrected chi connectivity index (χ0v) is 14.9. The van der Waals surface area contributed by atoms with E-state index >= 15 is 0 Å². The molecule has 0 aliphatic carbocycles. The minimum atomic E-state index is -0.193. The van der Waals surface area contributed by atoms with Crippen LogP contribution in [0, 0.1) is 6.92 Å². The molecule has 0 radical (unpaired) electrons. The molecule has 26 heavy (non-hydrogen) atoms. The summed E-state index contributed by atoms with van der Waals surface area (Å²) in [5.41, 5.74) is 2.46. The number of nitrogens with zero attached hydrogens (tertiary/aromatic N) is 2. The number of methoxy groups -OCH3 is 1. The number of amides is 1. The van der Waals surface area contributed by atoms with Crippen LogP contribution < -0.4 is 10.1 Å². The van der Waals surface area contributed by atoms with Crippen molar-refractivity contribution < 1.29 is 14.3 Å². The molecule has 3 rings (SSSR count). The van der Waals surface area contributed by atoms with E-state index in [9.17, 15) is 9.59 Å². The first-order valence-electron chi connectivity index (χ1n) is 8.46. The molecule has 1 N–H and O–H groups in total. The molecule has 1 aromatic heterocycles. The first-order chi connectivity index (χ1) is 12.6. The normalized spacial score (nSPS) is 10.7. The van der Waals surface area contributed by atoms with Gasteiger partial charge in [-0.15, -0.1) is 0 Å². The standard InChI is InChI=1S/C20H21N3O3/c1-14-16-8-4-5-9-17(16)23(22-14)20(25)12-11-19(24)21-13-15-7-3-6-10-18(15)26-2/h3-10H,11-13H2,1-2H3,(H,21,24). The molecule has 0 aliphatic rings. The highest BCUT2D eigenvalue weighted by atomic mass is 16.5. The van der Waals surface area contributed by atoms with Crippen LogP contribution in [0.25, 0.3) is 10.9 Å². The fourth-order valence-corrected chi connectivity index (χ4v) is 2.87. The Morgan fingerprint density at radius 3 is 2.62 bits per heavy atom. The molecule has 1 amide bonds. The van der Waals surface area contributed by atoms with Gasteiger partial charge in [0, 0.05) is 30.3 Å². The highest BCUT2D eigenvalue weighted by molar-refractivity contribution is 5.93. The molecule has 0 spiro atoms. The predicted octanol–water partition coefficient (Wildman–Crippen LogP) is 3.09. The summed E-state index contributed by atoms with van der Waals surface area (Å²) in [7, 11) is 1.59. The summed E-state index contributed by atoms with van der Waals surface area (Å²) >= 11 is 0. The average molecular weight is 351 g/mol. The van der Waals surface area contributed by atoms with Crippen LogP contribution in [-0.2, 0) is 11.3 Å². The second-order valence-electron chi connectivity index (χ2n) is 6.00. The van der Waals surface area contributed by atoms with E-state index in [0.29, 0.717) is 6.54 Å². The molecule has 1 heterocycles. The maximum Gasteiger partial charge on any atom is 0.247 e. The molecule has 0 atom stereocenters. The van der Waals surface area contributed by atoms with Gasteiger partial charge in [0.05, 0.1) is 18.3 Å². The van der Waals surface area contributed by atoms with Gasteiger partial charge in [-0.05, 0) is 19.1 Å². The van der Waals surface area contributed by atoms with Gasteiger partial charge in [-0.3, -0.25) is 9.59 Å². The Morgan fingerprint density at radius 1 is 1.08 bits per heavy atom. The lowest BCUT2D eigenvalue weighted by Gasteiger charge is -2.09. The monoisotopic (exact) mass is 351 g/mol. The van der Waals surface area contributed by atoms with E-state index in [-0.39, 0.29) is 24.7 Å². The Bertz CT molecular complexity index is 946. The van der Waals surface area contributed by atoms with Gasteiger partial charge in [0.25, 0.3) is 0 Å². The maximum absolute atomic E-state index is 12.5. The van der Waals surface area contributed by atoms with Gasteiger partial charge in [-0.2, -0.15) is 9.78 Å². The Kier molecular flexibility index (Phi) is 5.31. The maximum atomic E-state index is 12.5. The molecule has 134 valence electrons. The third-order valence-corrected chi connectivity index (χ3v) is 4.24. The molecule has 0 unspecified atom stereocenters. The number of hydrogen-bond acceptors (Lipinski definition) is 4. The Hall–Kier alpha value is -3.15. The van der Waals surface area contributed by atoms with E-state index < -0.39 is 0 Å². The third-order valence-electron chi connectivity index (χ3n) is 4.24. The van der Waals surface area contributed by atoms with E-state index in [0.717, 1.165) is 27.9 Å². The lowest BCUT2D eigenvalue weighted by Crippen LogP contribution is -2.24. The predicted molar refractivity (Wildman–Crippen MR) is 99.2 cm³/mol. The van der Waals surface area contributed by atoms with E-state index in [1.165, 1.54) is 4.68 Å². The molecule has 3 aromatic rings. The second-order valence-corrected chi connectivity index (χ2v) is 6.00. The third kappa shape index (κ3) is 3.74. The number of carbonyl (C=O) groups excluding carboxylic acids is 2. The first-order valence-corrected chi connectivity index (χ1v) is 8.46. The molecule has 6 nitrogen and oxygen atoms in total. The van der Waals surface area contributed by atoms with Crippen LogP contribution in [0.3, 0.4) is 0 Å². The van der Waals surface area contributed by atoms with Crippen LogP contribution in [0.4, 0.5) is 0 Å². The highest BCUT2D eigenvalue weighted by Crippen LogP contribution is 2.18. The van der Waals surface area contributed by atoms with Crippen molar-refractivity contribution in [3.05, 3.63) is 59.8 Å². The van der Waals surface area contributed by atoms with Crippen molar-refractivity contribution in [2.24, 2.45) is 0 Å². The van der Waals surface area contributed by atoms with Crippen molar-refractivity contribution in [1.82, 2.24) is 15.1 Å². The molecule has 6 heteroatoms. The Labute approximate surface area is 151 Å². The van der Waals surface area contributed by atoms with Crippen molar-refractivity contribution in [2.45, 2.75) is 26.3 Å². The van der Waals surface area contributed by atoms with Crippen molar-refractivity contribution in [1.29, 1.82) is 0 Å². The zero-order valence-electron chi connectivity index (χ0n) is 14.9. The van der Waals surface area contributed by atoms with E-state index in [2.05, 4.69) is 10.4 Å². The number of carbonyl (C=O) groups is 2. The number of benzene rings is 2. The summed E-state index contributed by atoms with van der Waals surface area (Å²) < 4.78 is 6.65. The molecule has 0 saturated heterocycles. The van der Waals surface area contributed by atoms with Gasteiger partial charge in [0.1, 0.15) is 5.75 Å². The number of para-hydroxylation sites is 2. The SMILES string of the molecule is COc1ccccc1CNC(=O)CCC(=O)n1nc(C)c2ccccc21. The minimum absolute atomic E-state index is 0.100. The van der Waals surface area contributed by atoms with Gasteiger partial charge in [0.15, 0.2) is 0 Å². The number of aryl methyl sites for hydroxylation is 1. The Balaban J connectivity index is 1.58. The molecule has 2 aromatic carbocycles. The summed E-state index contributed by atoms with van der Waals surface area (Å²) in [6.45, 7) is 2.23. The summed E-state index contributed by atoms with van der Waals surface area (Å²) in [5, 5.41) is 8.07. The summed E-state index contributed by atoms with van der Waals surface area (Å²) in [6, 6.07) is 15.1. The van der Waals surface area contributed by atoms with E-state index in [1.54, 1.807) is 7.11 Å². The minimum Gasteiger partial charge on any atom is -0.496 e. The molecule has 0 saturated carbocycles. The fraction of sp³-hybridized carbons (Fsp3) is 0.250. The second kappa shape index (κ2) is 7.82. The topological polar surface area (TPSA) is 73.2 Å². The number of aromatic nitrogens is 2. The number of nitrogens with one attached hydrogen (secondary N) is 1.